The van der Waals surface area contributed by atoms with E-state index in [1.54, 1.807) is 0 Å². The first-order valence-corrected chi connectivity index (χ1v) is 17.3. The first-order chi connectivity index (χ1) is 23.7. The molecule has 2 aliphatic carbocycles. The second kappa shape index (κ2) is 18.1. The van der Waals surface area contributed by atoms with Gasteiger partial charge in [0.1, 0.15) is 11.9 Å². The molecule has 48 heavy (non-hydrogen) atoms. The van der Waals surface area contributed by atoms with Gasteiger partial charge in [-0.05, 0) is 60.2 Å². The van der Waals surface area contributed by atoms with Crippen LogP contribution in [-0.2, 0) is 42.1 Å². The van der Waals surface area contributed by atoms with E-state index >= 15 is 0 Å². The van der Waals surface area contributed by atoms with Crippen LogP contribution in [0.5, 0.6) is 0 Å². The summed E-state index contributed by atoms with van der Waals surface area (Å²) in [7, 11) is 2.13. The number of hydrogen-bond donors (Lipinski definition) is 0. The van der Waals surface area contributed by atoms with Gasteiger partial charge < -0.3 is 33.0 Å². The molecule has 254 valence electrons. The summed E-state index contributed by atoms with van der Waals surface area (Å²) in [6.07, 6.45) is 18.1. The highest BCUT2D eigenvalue weighted by Gasteiger charge is 2.31. The molecular formula is C40H48N2O6. The van der Waals surface area contributed by atoms with E-state index in [9.17, 15) is 0 Å². The van der Waals surface area contributed by atoms with Gasteiger partial charge in [0.2, 0.25) is 0 Å². The van der Waals surface area contributed by atoms with Crippen molar-refractivity contribution in [1.82, 2.24) is 9.55 Å². The molecule has 8 nitrogen and oxygen atoms in total. The van der Waals surface area contributed by atoms with Crippen LogP contribution in [0.3, 0.4) is 0 Å². The Labute approximate surface area is 283 Å². The van der Waals surface area contributed by atoms with Gasteiger partial charge in [0, 0.05) is 48.6 Å². The van der Waals surface area contributed by atoms with Crippen molar-refractivity contribution in [3.63, 3.8) is 0 Å². The van der Waals surface area contributed by atoms with Crippen LogP contribution >= 0.6 is 0 Å². The normalized spacial score (nSPS) is 21.0. The molecule has 6 rings (SSSR count). The zero-order chi connectivity index (χ0) is 32.8. The van der Waals surface area contributed by atoms with Crippen molar-refractivity contribution >= 4 is 27.4 Å². The lowest BCUT2D eigenvalue weighted by molar-refractivity contribution is -0.0935. The molecule has 4 aromatic rings. The monoisotopic (exact) mass is 652 g/mol. The SMILES string of the molecule is Cn1c2ccncc2c2ccc(C3=C/CCC/C=C(OC4CC(OCCOCCOCCOCCOCc5ccccc5)C4)/C=C\3)cc21. The number of rotatable bonds is 18. The molecular weight excluding hydrogens is 604 g/mol. The molecule has 1 fully saturated rings. The van der Waals surface area contributed by atoms with Crippen LogP contribution in [-0.4, -0.2) is 74.6 Å². The standard InChI is InChI=1S/C40H48N2O6/c1-42-39-16-17-41-29-38(39)37-15-13-33(26-40(37)42)32-10-6-3-7-11-34(14-12-32)48-36-27-35(28-36)47-25-24-45-21-20-43-18-19-44-22-23-46-30-31-8-4-2-5-9-31/h2,4-5,8-17,26,29,35-36H,3,6-7,18-25,27-28,30H2,1H3/b14-12-,32-10+,34-11-. The highest BCUT2D eigenvalue weighted by Crippen LogP contribution is 2.32. The number of fused-ring (bicyclic) bond motifs is 3. The van der Waals surface area contributed by atoms with Crippen LogP contribution in [0, 0.1) is 0 Å². The van der Waals surface area contributed by atoms with E-state index in [2.05, 4.69) is 77.3 Å². The third-order valence-electron chi connectivity index (χ3n) is 8.85. The predicted molar refractivity (Wildman–Crippen MR) is 190 cm³/mol. The Morgan fingerprint density at radius 2 is 1.44 bits per heavy atom. The quantitative estimate of drug-likeness (QED) is 0.103. The molecule has 0 radical (unpaired) electrons. The highest BCUT2D eigenvalue weighted by atomic mass is 16.6. The fourth-order valence-electron chi connectivity index (χ4n) is 6.10. The minimum atomic E-state index is 0.187. The Balaban J connectivity index is 0.819. The van der Waals surface area contributed by atoms with Crippen molar-refractivity contribution in [1.29, 1.82) is 0 Å². The average molecular weight is 653 g/mol. The molecule has 1 saturated carbocycles. The van der Waals surface area contributed by atoms with Crippen molar-refractivity contribution in [2.45, 2.75) is 50.9 Å². The van der Waals surface area contributed by atoms with E-state index in [1.807, 2.05) is 30.6 Å². The summed E-state index contributed by atoms with van der Waals surface area (Å²) in [5, 5.41) is 2.42. The summed E-state index contributed by atoms with van der Waals surface area (Å²) in [5.74, 6) is 0.952. The lowest BCUT2D eigenvalue weighted by atomic mass is 9.92. The number of allylic oxidation sites excluding steroid dienone is 5. The maximum atomic E-state index is 6.39. The largest absolute Gasteiger partial charge is 0.491 e. The highest BCUT2D eigenvalue weighted by molar-refractivity contribution is 6.08. The number of hydrogen-bond acceptors (Lipinski definition) is 7. The number of pyridine rings is 1. The molecule has 0 bridgehead atoms. The summed E-state index contributed by atoms with van der Waals surface area (Å²) in [4.78, 5) is 4.34. The average Bonchev–Trinajstić information content (AvgIpc) is 3.44. The zero-order valence-electron chi connectivity index (χ0n) is 28.1. The van der Waals surface area contributed by atoms with Crippen LogP contribution in [0.2, 0.25) is 0 Å². The van der Waals surface area contributed by atoms with Gasteiger partial charge in [0.15, 0.2) is 0 Å². The molecule has 0 atom stereocenters. The molecule has 2 aromatic carbocycles. The van der Waals surface area contributed by atoms with Crippen molar-refractivity contribution in [2.24, 2.45) is 7.05 Å². The van der Waals surface area contributed by atoms with Gasteiger partial charge in [-0.1, -0.05) is 54.6 Å². The van der Waals surface area contributed by atoms with E-state index in [1.165, 1.54) is 38.5 Å². The van der Waals surface area contributed by atoms with Crippen LogP contribution in [0.1, 0.15) is 43.2 Å². The summed E-state index contributed by atoms with van der Waals surface area (Å²) >= 11 is 0. The Kier molecular flexibility index (Phi) is 12.9. The Morgan fingerprint density at radius 3 is 2.23 bits per heavy atom. The minimum absolute atomic E-state index is 0.187. The van der Waals surface area contributed by atoms with Gasteiger partial charge in [-0.2, -0.15) is 0 Å². The van der Waals surface area contributed by atoms with Gasteiger partial charge in [0.25, 0.3) is 0 Å². The molecule has 0 spiro atoms. The molecule has 0 amide bonds. The summed E-state index contributed by atoms with van der Waals surface area (Å²) in [5.41, 5.74) is 6.03. The number of aryl methyl sites for hydroxylation is 1. The van der Waals surface area contributed by atoms with Gasteiger partial charge in [-0.3, -0.25) is 4.98 Å². The number of aromatic nitrogens is 2. The van der Waals surface area contributed by atoms with Crippen molar-refractivity contribution in [3.8, 4) is 0 Å². The lowest BCUT2D eigenvalue weighted by Crippen LogP contribution is -2.38. The summed E-state index contributed by atoms with van der Waals surface area (Å²) < 4.78 is 37.0. The molecule has 0 unspecified atom stereocenters. The van der Waals surface area contributed by atoms with Gasteiger partial charge in [-0.25, -0.2) is 0 Å². The van der Waals surface area contributed by atoms with E-state index in [4.69, 9.17) is 28.4 Å². The van der Waals surface area contributed by atoms with Crippen LogP contribution < -0.4 is 0 Å². The first-order valence-electron chi connectivity index (χ1n) is 17.3. The fraction of sp³-hybridized carbons (Fsp3) is 0.425. The zero-order valence-corrected chi connectivity index (χ0v) is 28.1. The molecule has 0 N–H and O–H groups in total. The topological polar surface area (TPSA) is 73.2 Å². The number of benzene rings is 2. The Morgan fingerprint density at radius 1 is 0.708 bits per heavy atom. The minimum Gasteiger partial charge on any atom is -0.491 e. The van der Waals surface area contributed by atoms with E-state index in [0.717, 1.165) is 37.9 Å². The van der Waals surface area contributed by atoms with Crippen LogP contribution in [0.4, 0.5) is 0 Å². The Bertz CT molecular complexity index is 1670. The second-order valence-electron chi connectivity index (χ2n) is 12.3. The molecule has 2 aliphatic rings. The molecule has 0 saturated heterocycles. The predicted octanol–water partition coefficient (Wildman–Crippen LogP) is 7.56. The number of ether oxygens (including phenoxy) is 6. The van der Waals surface area contributed by atoms with E-state index < -0.39 is 0 Å². The molecule has 2 aromatic heterocycles. The van der Waals surface area contributed by atoms with Gasteiger partial charge in [-0.15, -0.1) is 0 Å². The van der Waals surface area contributed by atoms with Gasteiger partial charge >= 0.3 is 0 Å². The van der Waals surface area contributed by atoms with Crippen molar-refractivity contribution in [3.05, 3.63) is 108 Å². The molecule has 8 heteroatoms. The van der Waals surface area contributed by atoms with Crippen LogP contribution in [0.25, 0.3) is 27.4 Å². The maximum Gasteiger partial charge on any atom is 0.115 e. The smallest absolute Gasteiger partial charge is 0.115 e. The van der Waals surface area contributed by atoms with E-state index in [0.29, 0.717) is 59.5 Å². The molecule has 2 heterocycles. The van der Waals surface area contributed by atoms with Crippen molar-refractivity contribution in [2.75, 3.05) is 52.9 Å². The van der Waals surface area contributed by atoms with E-state index in [-0.39, 0.29) is 12.2 Å². The van der Waals surface area contributed by atoms with Crippen molar-refractivity contribution < 1.29 is 28.4 Å². The number of nitrogens with zero attached hydrogens (tertiary/aromatic N) is 2. The fourth-order valence-corrected chi connectivity index (χ4v) is 6.10. The lowest BCUT2D eigenvalue weighted by Gasteiger charge is -2.35. The van der Waals surface area contributed by atoms with Crippen LogP contribution in [0.15, 0.2) is 97.1 Å². The summed E-state index contributed by atoms with van der Waals surface area (Å²) in [6, 6.07) is 19.0. The summed E-state index contributed by atoms with van der Waals surface area (Å²) in [6.45, 7) is 5.07. The second-order valence-corrected chi connectivity index (χ2v) is 12.3. The third kappa shape index (κ3) is 9.65. The Hall–Kier alpha value is -3.79. The third-order valence-corrected chi connectivity index (χ3v) is 8.85. The molecule has 0 aliphatic heterocycles. The first kappa shape index (κ1) is 34.1. The van der Waals surface area contributed by atoms with Gasteiger partial charge in [0.05, 0.1) is 71.1 Å². The maximum absolute atomic E-state index is 6.39.